The third-order valence-electron chi connectivity index (χ3n) is 4.16. The van der Waals surface area contributed by atoms with Crippen LogP contribution in [0, 0.1) is 0 Å². The van der Waals surface area contributed by atoms with Crippen molar-refractivity contribution in [3.8, 4) is 0 Å². The lowest BCUT2D eigenvalue weighted by Gasteiger charge is -2.19. The zero-order valence-electron chi connectivity index (χ0n) is 20.1. The summed E-state index contributed by atoms with van der Waals surface area (Å²) in [6, 6.07) is 1.77. The lowest BCUT2D eigenvalue weighted by Crippen LogP contribution is -2.34. The van der Waals surface area contributed by atoms with Gasteiger partial charge in [-0.15, -0.1) is 0 Å². The summed E-state index contributed by atoms with van der Waals surface area (Å²) in [5, 5.41) is 14.9. The number of rotatable bonds is 14. The number of nitrogens with zero attached hydrogens (tertiary/aromatic N) is 4. The maximum atomic E-state index is 11.9. The predicted octanol–water partition coefficient (Wildman–Crippen LogP) is 1.30. The molecule has 0 radical (unpaired) electrons. The lowest BCUT2D eigenvalue weighted by atomic mass is 10.2. The number of nitrogens with one attached hydrogen (secondary N) is 5. The highest BCUT2D eigenvalue weighted by molar-refractivity contribution is 5.76. The highest BCUT2D eigenvalue weighted by atomic mass is 16.6. The van der Waals surface area contributed by atoms with Gasteiger partial charge in [-0.1, -0.05) is 0 Å². The van der Waals surface area contributed by atoms with Crippen LogP contribution in [0.2, 0.25) is 0 Å². The van der Waals surface area contributed by atoms with E-state index in [0.717, 1.165) is 12.1 Å². The molecule has 0 aromatic carbocycles. The van der Waals surface area contributed by atoms with Crippen LogP contribution in [0.1, 0.15) is 39.2 Å². The van der Waals surface area contributed by atoms with E-state index in [1.165, 1.54) is 0 Å². The van der Waals surface area contributed by atoms with Gasteiger partial charge in [0.15, 0.2) is 0 Å². The van der Waals surface area contributed by atoms with Crippen LogP contribution in [0.3, 0.4) is 0 Å². The molecule has 0 aliphatic heterocycles. The van der Waals surface area contributed by atoms with Crippen molar-refractivity contribution in [1.29, 1.82) is 0 Å². The summed E-state index contributed by atoms with van der Waals surface area (Å²) in [5.74, 6) is 1.03. The fraction of sp³-hybridized carbons (Fsp3) is 0.545. The predicted molar refractivity (Wildman–Crippen MR) is 129 cm³/mol. The third kappa shape index (κ3) is 12.5. The molecule has 2 aromatic heterocycles. The van der Waals surface area contributed by atoms with Gasteiger partial charge in [-0.2, -0.15) is 0 Å². The quantitative estimate of drug-likeness (QED) is 0.254. The standard InChI is InChI=1S/C22H35N9O3/c1-22(2,3)34-21(33)29-7-4-6-18(32)24-12-13-28-20-30-15-17(16-31-20)14-23-10-11-27-19-25-8-5-9-26-19/h5,8-9,15-16,23H,4,6-7,10-14H2,1-3H3,(H,24,32)(H,29,33)(H,25,26,27)(H,28,30,31). The summed E-state index contributed by atoms with van der Waals surface area (Å²) in [6.45, 7) is 8.84. The highest BCUT2D eigenvalue weighted by Crippen LogP contribution is 2.06. The molecule has 0 fully saturated rings. The lowest BCUT2D eigenvalue weighted by molar-refractivity contribution is -0.121. The minimum atomic E-state index is -0.536. The van der Waals surface area contributed by atoms with E-state index < -0.39 is 11.7 Å². The fourth-order valence-corrected chi connectivity index (χ4v) is 2.64. The molecule has 2 aromatic rings. The van der Waals surface area contributed by atoms with Gasteiger partial charge in [-0.05, 0) is 33.3 Å². The van der Waals surface area contributed by atoms with Crippen molar-refractivity contribution in [3.63, 3.8) is 0 Å². The van der Waals surface area contributed by atoms with E-state index in [2.05, 4.69) is 46.5 Å². The third-order valence-corrected chi connectivity index (χ3v) is 4.16. The Morgan fingerprint density at radius 1 is 0.853 bits per heavy atom. The second kappa shape index (κ2) is 14.6. The number of aromatic nitrogens is 4. The van der Waals surface area contributed by atoms with E-state index in [1.54, 1.807) is 51.6 Å². The number of hydrogen-bond donors (Lipinski definition) is 5. The monoisotopic (exact) mass is 473 g/mol. The molecule has 0 bridgehead atoms. The van der Waals surface area contributed by atoms with Crippen LogP contribution < -0.4 is 26.6 Å². The van der Waals surface area contributed by atoms with Gasteiger partial charge in [0.1, 0.15) is 5.60 Å². The minimum absolute atomic E-state index is 0.0801. The highest BCUT2D eigenvalue weighted by Gasteiger charge is 2.15. The van der Waals surface area contributed by atoms with Crippen molar-refractivity contribution in [3.05, 3.63) is 36.4 Å². The molecule has 2 heterocycles. The van der Waals surface area contributed by atoms with Crippen molar-refractivity contribution in [1.82, 2.24) is 35.9 Å². The molecular formula is C22H35N9O3. The van der Waals surface area contributed by atoms with E-state index in [4.69, 9.17) is 4.74 Å². The van der Waals surface area contributed by atoms with E-state index >= 15 is 0 Å². The van der Waals surface area contributed by atoms with Gasteiger partial charge in [0, 0.05) is 76.0 Å². The second-order valence-electron chi connectivity index (χ2n) is 8.40. The van der Waals surface area contributed by atoms with Gasteiger partial charge in [-0.25, -0.2) is 24.7 Å². The molecule has 2 rings (SSSR count). The molecule has 0 aliphatic rings. The topological polar surface area (TPSA) is 155 Å². The van der Waals surface area contributed by atoms with Gasteiger partial charge >= 0.3 is 6.09 Å². The van der Waals surface area contributed by atoms with Gasteiger partial charge in [-0.3, -0.25) is 4.79 Å². The Bertz CT molecular complexity index is 858. The first kappa shape index (κ1) is 26.7. The number of amides is 2. The fourth-order valence-electron chi connectivity index (χ4n) is 2.64. The SMILES string of the molecule is CC(C)(C)OC(=O)NCCCC(=O)NCCNc1ncc(CNCCNc2ncccn2)cn1. The smallest absolute Gasteiger partial charge is 0.407 e. The zero-order valence-corrected chi connectivity index (χ0v) is 20.1. The molecule has 186 valence electrons. The number of alkyl carbamates (subject to hydrolysis) is 1. The Labute approximate surface area is 200 Å². The van der Waals surface area contributed by atoms with Crippen molar-refractivity contribution in [2.24, 2.45) is 0 Å². The number of anilines is 2. The molecule has 0 spiro atoms. The Morgan fingerprint density at radius 3 is 2.18 bits per heavy atom. The normalized spacial score (nSPS) is 10.9. The Balaban J connectivity index is 1.48. The van der Waals surface area contributed by atoms with E-state index in [9.17, 15) is 9.59 Å². The molecule has 0 aliphatic carbocycles. The van der Waals surface area contributed by atoms with Crippen LogP contribution in [0.4, 0.5) is 16.7 Å². The first-order chi connectivity index (χ1) is 16.3. The average molecular weight is 474 g/mol. The van der Waals surface area contributed by atoms with Crippen LogP contribution in [0.5, 0.6) is 0 Å². The Kier molecular flexibility index (Phi) is 11.5. The van der Waals surface area contributed by atoms with Gasteiger partial charge < -0.3 is 31.3 Å². The summed E-state index contributed by atoms with van der Waals surface area (Å²) in [7, 11) is 0. The van der Waals surface area contributed by atoms with Crippen LogP contribution >= 0.6 is 0 Å². The second-order valence-corrected chi connectivity index (χ2v) is 8.40. The summed E-state index contributed by atoms with van der Waals surface area (Å²) >= 11 is 0. The molecule has 12 heteroatoms. The van der Waals surface area contributed by atoms with Crippen LogP contribution in [0.25, 0.3) is 0 Å². The Hall–Kier alpha value is -3.54. The van der Waals surface area contributed by atoms with Crippen LogP contribution in [0.15, 0.2) is 30.9 Å². The summed E-state index contributed by atoms with van der Waals surface area (Å²) in [4.78, 5) is 40.2. The van der Waals surface area contributed by atoms with Crippen molar-refractivity contribution in [2.75, 3.05) is 43.4 Å². The van der Waals surface area contributed by atoms with Crippen molar-refractivity contribution < 1.29 is 14.3 Å². The number of ether oxygens (including phenoxy) is 1. The largest absolute Gasteiger partial charge is 0.444 e. The van der Waals surface area contributed by atoms with Crippen molar-refractivity contribution in [2.45, 2.75) is 45.8 Å². The average Bonchev–Trinajstić information content (AvgIpc) is 2.80. The maximum Gasteiger partial charge on any atom is 0.407 e. The molecule has 0 saturated carbocycles. The van der Waals surface area contributed by atoms with Gasteiger partial charge in [0.05, 0.1) is 0 Å². The minimum Gasteiger partial charge on any atom is -0.444 e. The molecule has 5 N–H and O–H groups in total. The van der Waals surface area contributed by atoms with E-state index in [1.807, 2.05) is 0 Å². The van der Waals surface area contributed by atoms with E-state index in [0.29, 0.717) is 57.5 Å². The summed E-state index contributed by atoms with van der Waals surface area (Å²) < 4.78 is 5.14. The molecule has 0 unspecified atom stereocenters. The number of carbonyl (C=O) groups is 2. The van der Waals surface area contributed by atoms with Crippen LogP contribution in [-0.2, 0) is 16.1 Å². The summed E-state index contributed by atoms with van der Waals surface area (Å²) in [5.41, 5.74) is 0.432. The molecule has 0 saturated heterocycles. The number of hydrogen-bond acceptors (Lipinski definition) is 10. The molecule has 2 amide bonds. The summed E-state index contributed by atoms with van der Waals surface area (Å²) in [6.07, 6.45) is 7.28. The molecule has 0 atom stereocenters. The van der Waals surface area contributed by atoms with E-state index in [-0.39, 0.29) is 5.91 Å². The molecule has 34 heavy (non-hydrogen) atoms. The molecular weight excluding hydrogens is 438 g/mol. The van der Waals surface area contributed by atoms with Crippen LogP contribution in [-0.4, -0.2) is 70.3 Å². The first-order valence-electron chi connectivity index (χ1n) is 11.3. The van der Waals surface area contributed by atoms with Gasteiger partial charge in [0.2, 0.25) is 17.8 Å². The van der Waals surface area contributed by atoms with Gasteiger partial charge in [0.25, 0.3) is 0 Å². The van der Waals surface area contributed by atoms with Crippen molar-refractivity contribution >= 4 is 23.9 Å². The molecule has 12 nitrogen and oxygen atoms in total. The maximum absolute atomic E-state index is 11.9. The first-order valence-corrected chi connectivity index (χ1v) is 11.3. The number of carbonyl (C=O) groups excluding carboxylic acids is 2. The zero-order chi connectivity index (χ0) is 24.7. The Morgan fingerprint density at radius 2 is 1.50 bits per heavy atom.